The lowest BCUT2D eigenvalue weighted by molar-refractivity contribution is -0.133. The van der Waals surface area contributed by atoms with E-state index in [1.807, 2.05) is 43.0 Å². The second-order valence-electron chi connectivity index (χ2n) is 5.63. The highest BCUT2D eigenvalue weighted by molar-refractivity contribution is 5.79. The van der Waals surface area contributed by atoms with E-state index in [2.05, 4.69) is 12.2 Å². The van der Waals surface area contributed by atoms with Crippen LogP contribution in [0, 0.1) is 0 Å². The number of benzene rings is 1. The molecule has 1 fully saturated rings. The lowest BCUT2D eigenvalue weighted by atomic mass is 10.1. The van der Waals surface area contributed by atoms with E-state index in [1.54, 1.807) is 0 Å². The van der Waals surface area contributed by atoms with Crippen LogP contribution in [0.1, 0.15) is 26.3 Å². The molecule has 1 heterocycles. The topological polar surface area (TPSA) is 41.6 Å². The third kappa shape index (κ3) is 3.97. The Bertz CT molecular complexity index is 460. The van der Waals surface area contributed by atoms with Crippen LogP contribution in [0.2, 0.25) is 0 Å². The van der Waals surface area contributed by atoms with Crippen LogP contribution in [0.3, 0.4) is 0 Å². The zero-order valence-corrected chi connectivity index (χ0v) is 12.6. The summed E-state index contributed by atoms with van der Waals surface area (Å²) in [6.45, 7) is 8.64. The van der Waals surface area contributed by atoms with Crippen LogP contribution >= 0.6 is 0 Å². The minimum atomic E-state index is 0.147. The van der Waals surface area contributed by atoms with E-state index in [0.29, 0.717) is 6.42 Å². The third-order valence-corrected chi connectivity index (χ3v) is 3.45. The fourth-order valence-corrected chi connectivity index (χ4v) is 2.49. The Balaban J connectivity index is 2.00. The molecule has 0 saturated carbocycles. The molecule has 0 bridgehead atoms. The number of amides is 1. The van der Waals surface area contributed by atoms with E-state index < -0.39 is 0 Å². The summed E-state index contributed by atoms with van der Waals surface area (Å²) in [5, 5.41) is 3.30. The van der Waals surface area contributed by atoms with Gasteiger partial charge in [-0.25, -0.2) is 0 Å². The first-order chi connectivity index (χ1) is 9.56. The molecular weight excluding hydrogens is 252 g/mol. The number of carbonyl (C=O) groups excluding carboxylic acids is 1. The molecule has 1 aromatic carbocycles. The molecule has 0 spiro atoms. The molecule has 20 heavy (non-hydrogen) atoms. The molecule has 1 amide bonds. The first kappa shape index (κ1) is 14.9. The maximum Gasteiger partial charge on any atom is 0.227 e. The van der Waals surface area contributed by atoms with E-state index in [1.165, 1.54) is 0 Å². The minimum Gasteiger partial charge on any atom is -0.491 e. The molecule has 1 N–H and O–H groups in total. The fourth-order valence-electron chi connectivity index (χ4n) is 2.49. The predicted octanol–water partition coefficient (Wildman–Crippen LogP) is 1.84. The monoisotopic (exact) mass is 276 g/mol. The maximum atomic E-state index is 12.4. The summed E-state index contributed by atoms with van der Waals surface area (Å²) >= 11 is 0. The van der Waals surface area contributed by atoms with Gasteiger partial charge in [0.05, 0.1) is 12.5 Å². The van der Waals surface area contributed by atoms with Crippen LogP contribution in [0.4, 0.5) is 0 Å². The minimum absolute atomic E-state index is 0.147. The highest BCUT2D eigenvalue weighted by Gasteiger charge is 2.22. The van der Waals surface area contributed by atoms with Gasteiger partial charge in [0.2, 0.25) is 5.91 Å². The lowest BCUT2D eigenvalue weighted by Gasteiger charge is -2.34. The van der Waals surface area contributed by atoms with Gasteiger partial charge in [-0.15, -0.1) is 0 Å². The van der Waals surface area contributed by atoms with Crippen LogP contribution in [0.25, 0.3) is 0 Å². The van der Waals surface area contributed by atoms with Crippen molar-refractivity contribution in [3.8, 4) is 5.75 Å². The maximum absolute atomic E-state index is 12.4. The highest BCUT2D eigenvalue weighted by Crippen LogP contribution is 2.16. The molecule has 1 aliphatic rings. The van der Waals surface area contributed by atoms with Gasteiger partial charge in [0, 0.05) is 25.7 Å². The molecule has 1 atom stereocenters. The Labute approximate surface area is 121 Å². The zero-order valence-electron chi connectivity index (χ0n) is 12.6. The zero-order chi connectivity index (χ0) is 14.5. The van der Waals surface area contributed by atoms with Crippen LogP contribution in [0.15, 0.2) is 24.3 Å². The third-order valence-electron chi connectivity index (χ3n) is 3.45. The fraction of sp³-hybridized carbons (Fsp3) is 0.562. The number of carbonyl (C=O) groups is 1. The quantitative estimate of drug-likeness (QED) is 0.912. The van der Waals surface area contributed by atoms with Crippen molar-refractivity contribution in [3.05, 3.63) is 29.8 Å². The van der Waals surface area contributed by atoms with Gasteiger partial charge in [0.25, 0.3) is 0 Å². The van der Waals surface area contributed by atoms with Gasteiger partial charge in [0.15, 0.2) is 0 Å². The number of hydrogen-bond acceptors (Lipinski definition) is 3. The van der Waals surface area contributed by atoms with Crippen LogP contribution in [-0.4, -0.2) is 42.6 Å². The summed E-state index contributed by atoms with van der Waals surface area (Å²) in [6.07, 6.45) is 0.591. The number of rotatable bonds is 4. The Morgan fingerprint density at radius 2 is 2.30 bits per heavy atom. The van der Waals surface area contributed by atoms with Crippen molar-refractivity contribution in [2.75, 3.05) is 19.6 Å². The van der Waals surface area contributed by atoms with Crippen molar-refractivity contribution in [1.29, 1.82) is 0 Å². The summed E-state index contributed by atoms with van der Waals surface area (Å²) in [7, 11) is 0. The first-order valence-corrected chi connectivity index (χ1v) is 7.32. The van der Waals surface area contributed by atoms with Gasteiger partial charge in [-0.3, -0.25) is 4.79 Å². The van der Waals surface area contributed by atoms with Crippen molar-refractivity contribution in [2.24, 2.45) is 0 Å². The Kier molecular flexibility index (Phi) is 5.01. The van der Waals surface area contributed by atoms with Gasteiger partial charge in [-0.2, -0.15) is 0 Å². The molecule has 1 aromatic rings. The van der Waals surface area contributed by atoms with Crippen molar-refractivity contribution < 1.29 is 9.53 Å². The van der Waals surface area contributed by atoms with Crippen LogP contribution in [0.5, 0.6) is 5.75 Å². The second kappa shape index (κ2) is 6.75. The molecule has 4 nitrogen and oxygen atoms in total. The Morgan fingerprint density at radius 1 is 1.50 bits per heavy atom. The van der Waals surface area contributed by atoms with Gasteiger partial charge in [0.1, 0.15) is 5.75 Å². The van der Waals surface area contributed by atoms with Crippen molar-refractivity contribution in [3.63, 3.8) is 0 Å². The molecule has 1 aliphatic heterocycles. The number of nitrogens with zero attached hydrogens (tertiary/aromatic N) is 1. The summed E-state index contributed by atoms with van der Waals surface area (Å²) < 4.78 is 5.67. The number of ether oxygens (including phenoxy) is 1. The van der Waals surface area contributed by atoms with Gasteiger partial charge in [-0.05, 0) is 38.5 Å². The second-order valence-corrected chi connectivity index (χ2v) is 5.63. The van der Waals surface area contributed by atoms with E-state index >= 15 is 0 Å². The largest absolute Gasteiger partial charge is 0.491 e. The normalized spacial score (nSPS) is 19.2. The Hall–Kier alpha value is -1.55. The molecule has 4 heteroatoms. The molecule has 110 valence electrons. The van der Waals surface area contributed by atoms with Gasteiger partial charge < -0.3 is 15.0 Å². The first-order valence-electron chi connectivity index (χ1n) is 7.32. The number of hydrogen-bond donors (Lipinski definition) is 1. The summed E-state index contributed by atoms with van der Waals surface area (Å²) in [5.74, 6) is 1.03. The van der Waals surface area contributed by atoms with E-state index in [0.717, 1.165) is 30.9 Å². The number of nitrogens with one attached hydrogen (secondary N) is 1. The molecule has 0 aromatic heterocycles. The Morgan fingerprint density at radius 3 is 3.00 bits per heavy atom. The van der Waals surface area contributed by atoms with Gasteiger partial charge in [-0.1, -0.05) is 12.1 Å². The van der Waals surface area contributed by atoms with Gasteiger partial charge >= 0.3 is 0 Å². The molecule has 1 saturated heterocycles. The SMILES string of the molecule is CC(C)Oc1cccc(CC(=O)N2CCNC[C@@H]2C)c1. The van der Waals surface area contributed by atoms with Crippen LogP contribution in [-0.2, 0) is 11.2 Å². The van der Waals surface area contributed by atoms with Crippen molar-refractivity contribution in [1.82, 2.24) is 10.2 Å². The smallest absolute Gasteiger partial charge is 0.227 e. The van der Waals surface area contributed by atoms with E-state index in [9.17, 15) is 4.79 Å². The van der Waals surface area contributed by atoms with E-state index in [4.69, 9.17) is 4.74 Å². The molecule has 2 rings (SSSR count). The average Bonchev–Trinajstić information content (AvgIpc) is 2.38. The molecule has 0 unspecified atom stereocenters. The van der Waals surface area contributed by atoms with E-state index in [-0.39, 0.29) is 18.1 Å². The predicted molar refractivity (Wildman–Crippen MR) is 80.0 cm³/mol. The highest BCUT2D eigenvalue weighted by atomic mass is 16.5. The molecular formula is C16H24N2O2. The molecule has 0 radical (unpaired) electrons. The van der Waals surface area contributed by atoms with Crippen LogP contribution < -0.4 is 10.1 Å². The summed E-state index contributed by atoms with van der Waals surface area (Å²) in [6, 6.07) is 8.09. The lowest BCUT2D eigenvalue weighted by Crippen LogP contribution is -2.52. The summed E-state index contributed by atoms with van der Waals surface area (Å²) in [5.41, 5.74) is 1.01. The average molecular weight is 276 g/mol. The standard InChI is InChI=1S/C16H24N2O2/c1-12(2)20-15-6-4-5-14(9-15)10-16(19)18-8-7-17-11-13(18)3/h4-6,9,12-13,17H,7-8,10-11H2,1-3H3/t13-/m0/s1. The number of piperazine rings is 1. The van der Waals surface area contributed by atoms with Crippen molar-refractivity contribution >= 4 is 5.91 Å². The van der Waals surface area contributed by atoms with Crippen molar-refractivity contribution in [2.45, 2.75) is 39.3 Å². The molecule has 0 aliphatic carbocycles. The summed E-state index contributed by atoms with van der Waals surface area (Å²) in [4.78, 5) is 14.3.